The maximum Gasteiger partial charge on any atom is -0.00145 e. The molecule has 3 aliphatic rings. The number of hydrogen-bond acceptors (Lipinski definition) is 1. The van der Waals surface area contributed by atoms with E-state index in [1.165, 1.54) is 70.9 Å². The molecule has 3 fully saturated rings. The minimum atomic E-state index is 0.712. The first-order chi connectivity index (χ1) is 7.77. The van der Waals surface area contributed by atoms with E-state index in [1.807, 2.05) is 0 Å². The van der Waals surface area contributed by atoms with Crippen LogP contribution in [0.4, 0.5) is 0 Å². The van der Waals surface area contributed by atoms with Crippen molar-refractivity contribution in [3.8, 4) is 0 Å². The third-order valence-corrected chi connectivity index (χ3v) is 6.25. The average molecular weight is 221 g/mol. The van der Waals surface area contributed by atoms with Crippen LogP contribution in [0.1, 0.15) is 64.7 Å². The fraction of sp³-hybridized carbons (Fsp3) is 1.00. The third kappa shape index (κ3) is 1.47. The van der Waals surface area contributed by atoms with Gasteiger partial charge in [-0.3, -0.25) is 0 Å². The van der Waals surface area contributed by atoms with Crippen molar-refractivity contribution in [1.29, 1.82) is 0 Å². The summed E-state index contributed by atoms with van der Waals surface area (Å²) in [6, 6.07) is 0. The lowest BCUT2D eigenvalue weighted by molar-refractivity contribution is -0.0899. The fourth-order valence-corrected chi connectivity index (χ4v) is 5.02. The van der Waals surface area contributed by atoms with Gasteiger partial charge in [0, 0.05) is 0 Å². The Labute approximate surface area is 100 Å². The van der Waals surface area contributed by atoms with Gasteiger partial charge in [0.1, 0.15) is 0 Å². The van der Waals surface area contributed by atoms with Gasteiger partial charge in [0.2, 0.25) is 0 Å². The second kappa shape index (κ2) is 4.01. The molecular weight excluding hydrogens is 194 g/mol. The maximum atomic E-state index is 3.61. The summed E-state index contributed by atoms with van der Waals surface area (Å²) in [5.74, 6) is 0.998. The monoisotopic (exact) mass is 221 g/mol. The molecular formula is C15H27N. The van der Waals surface area contributed by atoms with Gasteiger partial charge < -0.3 is 5.32 Å². The molecule has 0 aromatic rings. The highest BCUT2D eigenvalue weighted by Crippen LogP contribution is 2.63. The second-order valence-electron chi connectivity index (χ2n) is 6.82. The molecule has 0 radical (unpaired) electrons. The largest absolute Gasteiger partial charge is 0.316 e. The molecule has 1 heteroatoms. The molecule has 1 nitrogen and oxygen atoms in total. The van der Waals surface area contributed by atoms with Gasteiger partial charge in [0.15, 0.2) is 0 Å². The summed E-state index contributed by atoms with van der Waals surface area (Å²) in [6.07, 6.45) is 13.6. The van der Waals surface area contributed by atoms with E-state index in [9.17, 15) is 0 Å². The van der Waals surface area contributed by atoms with Crippen LogP contribution in [0.25, 0.3) is 0 Å². The molecule has 1 N–H and O–H groups in total. The van der Waals surface area contributed by atoms with Gasteiger partial charge in [-0.05, 0) is 61.9 Å². The lowest BCUT2D eigenvalue weighted by Crippen LogP contribution is -2.51. The molecule has 1 heterocycles. The zero-order chi connectivity index (χ0) is 11.1. The van der Waals surface area contributed by atoms with Crippen LogP contribution in [0.5, 0.6) is 0 Å². The average Bonchev–Trinajstić information content (AvgIpc) is 2.80. The van der Waals surface area contributed by atoms with E-state index >= 15 is 0 Å². The molecule has 2 aliphatic carbocycles. The molecule has 2 saturated carbocycles. The van der Waals surface area contributed by atoms with Crippen LogP contribution in [-0.4, -0.2) is 13.1 Å². The van der Waals surface area contributed by atoms with Crippen LogP contribution in [0, 0.1) is 16.7 Å². The molecule has 0 bridgehead atoms. The number of nitrogens with one attached hydrogen (secondary N) is 1. The lowest BCUT2D eigenvalue weighted by Gasteiger charge is -2.59. The molecule has 1 atom stereocenters. The van der Waals surface area contributed by atoms with Crippen LogP contribution < -0.4 is 5.32 Å². The van der Waals surface area contributed by atoms with E-state index in [2.05, 4.69) is 12.2 Å². The highest BCUT2D eigenvalue weighted by molar-refractivity contribution is 5.06. The van der Waals surface area contributed by atoms with Crippen LogP contribution in [0.3, 0.4) is 0 Å². The minimum Gasteiger partial charge on any atom is -0.316 e. The van der Waals surface area contributed by atoms with Crippen LogP contribution >= 0.6 is 0 Å². The van der Waals surface area contributed by atoms with E-state index in [4.69, 9.17) is 0 Å². The highest BCUT2D eigenvalue weighted by atomic mass is 14.9. The summed E-state index contributed by atoms with van der Waals surface area (Å²) < 4.78 is 0. The van der Waals surface area contributed by atoms with E-state index in [-0.39, 0.29) is 0 Å². The summed E-state index contributed by atoms with van der Waals surface area (Å²) in [5.41, 5.74) is 1.44. The Kier molecular flexibility index (Phi) is 2.78. The molecule has 0 amide bonds. The van der Waals surface area contributed by atoms with E-state index in [0.717, 1.165) is 11.3 Å². The smallest absolute Gasteiger partial charge is 0.00145 e. The minimum absolute atomic E-state index is 0.712. The second-order valence-corrected chi connectivity index (χ2v) is 6.82. The molecule has 0 spiro atoms. The van der Waals surface area contributed by atoms with Gasteiger partial charge in [-0.2, -0.15) is 0 Å². The van der Waals surface area contributed by atoms with Gasteiger partial charge in [-0.25, -0.2) is 0 Å². The van der Waals surface area contributed by atoms with Crippen molar-refractivity contribution in [3.05, 3.63) is 0 Å². The Morgan fingerprint density at radius 1 is 0.938 bits per heavy atom. The molecule has 0 aromatic heterocycles. The fourth-order valence-electron chi connectivity index (χ4n) is 5.02. The maximum absolute atomic E-state index is 3.61. The summed E-state index contributed by atoms with van der Waals surface area (Å²) in [5, 5.41) is 3.61. The van der Waals surface area contributed by atoms with Gasteiger partial charge in [0.05, 0.1) is 0 Å². The van der Waals surface area contributed by atoms with Gasteiger partial charge >= 0.3 is 0 Å². The van der Waals surface area contributed by atoms with E-state index < -0.39 is 0 Å². The molecule has 0 aromatic carbocycles. The highest BCUT2D eigenvalue weighted by Gasteiger charge is 2.55. The van der Waals surface area contributed by atoms with Crippen molar-refractivity contribution in [1.82, 2.24) is 5.32 Å². The van der Waals surface area contributed by atoms with E-state index in [1.54, 1.807) is 0 Å². The van der Waals surface area contributed by atoms with Crippen LogP contribution in [0.15, 0.2) is 0 Å². The number of hydrogen-bond donors (Lipinski definition) is 1. The van der Waals surface area contributed by atoms with Gasteiger partial charge in [0.25, 0.3) is 0 Å². The van der Waals surface area contributed by atoms with Crippen molar-refractivity contribution in [2.24, 2.45) is 16.7 Å². The van der Waals surface area contributed by atoms with Crippen molar-refractivity contribution < 1.29 is 0 Å². The standard InChI is InChI=1S/C15H27N/c1-14(7-5-8-14)15(9-3-2-4-10-15)13-6-11-16-12-13/h13,16H,2-12H2,1H3. The zero-order valence-electron chi connectivity index (χ0n) is 10.9. The van der Waals surface area contributed by atoms with Crippen molar-refractivity contribution in [3.63, 3.8) is 0 Å². The summed E-state index contributed by atoms with van der Waals surface area (Å²) in [7, 11) is 0. The Balaban J connectivity index is 1.86. The normalized spacial score (nSPS) is 36.9. The molecule has 1 saturated heterocycles. The topological polar surface area (TPSA) is 12.0 Å². The lowest BCUT2D eigenvalue weighted by atomic mass is 9.46. The first-order valence-corrected chi connectivity index (χ1v) is 7.48. The Morgan fingerprint density at radius 2 is 1.69 bits per heavy atom. The number of rotatable bonds is 2. The third-order valence-electron chi connectivity index (χ3n) is 6.25. The predicted molar refractivity (Wildman–Crippen MR) is 68.5 cm³/mol. The Morgan fingerprint density at radius 3 is 2.19 bits per heavy atom. The Bertz CT molecular complexity index is 242. The van der Waals surface area contributed by atoms with Crippen molar-refractivity contribution in [2.75, 3.05) is 13.1 Å². The summed E-state index contributed by atoms with van der Waals surface area (Å²) in [6.45, 7) is 5.21. The van der Waals surface area contributed by atoms with Crippen molar-refractivity contribution in [2.45, 2.75) is 64.7 Å². The van der Waals surface area contributed by atoms with Crippen LogP contribution in [0.2, 0.25) is 0 Å². The van der Waals surface area contributed by atoms with E-state index in [0.29, 0.717) is 5.41 Å². The van der Waals surface area contributed by atoms with Crippen LogP contribution in [-0.2, 0) is 0 Å². The Hall–Kier alpha value is -0.0400. The molecule has 3 rings (SSSR count). The summed E-state index contributed by atoms with van der Waals surface area (Å²) in [4.78, 5) is 0. The first-order valence-electron chi connectivity index (χ1n) is 7.48. The zero-order valence-corrected chi connectivity index (χ0v) is 10.9. The first kappa shape index (κ1) is 11.1. The van der Waals surface area contributed by atoms with Gasteiger partial charge in [-0.1, -0.05) is 32.6 Å². The predicted octanol–water partition coefficient (Wildman–Crippen LogP) is 3.74. The molecule has 1 unspecified atom stereocenters. The molecule has 92 valence electrons. The van der Waals surface area contributed by atoms with Crippen molar-refractivity contribution >= 4 is 0 Å². The summed E-state index contributed by atoms with van der Waals surface area (Å²) >= 11 is 0. The van der Waals surface area contributed by atoms with Gasteiger partial charge in [-0.15, -0.1) is 0 Å². The molecule has 1 aliphatic heterocycles. The quantitative estimate of drug-likeness (QED) is 0.749. The SMILES string of the molecule is CC1(C2(C3CCNC3)CCCCC2)CCC1. The molecule has 16 heavy (non-hydrogen) atoms.